The van der Waals surface area contributed by atoms with Gasteiger partial charge in [-0.3, -0.25) is 10.1 Å². The Morgan fingerprint density at radius 3 is 2.44 bits per heavy atom. The second-order valence-corrected chi connectivity index (χ2v) is 12.6. The molecule has 0 radical (unpaired) electrons. The maximum absolute atomic E-state index is 14.0. The van der Waals surface area contributed by atoms with E-state index < -0.39 is 14.9 Å². The predicted octanol–water partition coefficient (Wildman–Crippen LogP) is 4.99. The Morgan fingerprint density at radius 1 is 1.08 bits per heavy atom. The molecule has 0 aromatic heterocycles. The molecule has 2 heterocycles. The number of benzene rings is 3. The number of hydrogen-bond donors (Lipinski definition) is 1. The number of nitrogens with one attached hydrogen (secondary N) is 1. The number of fused-ring (bicyclic) bond motifs is 2. The molecule has 0 aliphatic carbocycles. The van der Waals surface area contributed by atoms with Crippen LogP contribution in [0.1, 0.15) is 36.3 Å². The van der Waals surface area contributed by atoms with Crippen LogP contribution in [0.5, 0.6) is 0 Å². The summed E-state index contributed by atoms with van der Waals surface area (Å²) in [6.45, 7) is 3.74. The van der Waals surface area contributed by atoms with Crippen molar-refractivity contribution in [2.24, 2.45) is 0 Å². The van der Waals surface area contributed by atoms with Crippen molar-refractivity contribution in [3.63, 3.8) is 0 Å². The van der Waals surface area contributed by atoms with Crippen LogP contribution in [0.4, 0.5) is 15.8 Å². The number of piperidine rings is 1. The quantitative estimate of drug-likeness (QED) is 0.297. The first-order chi connectivity index (χ1) is 18.7. The molecule has 3 aromatic carbocycles. The Kier molecular flexibility index (Phi) is 7.70. The van der Waals surface area contributed by atoms with E-state index in [1.54, 1.807) is 13.1 Å². The average molecular weight is 553 g/mol. The maximum atomic E-state index is 14.0. The third kappa shape index (κ3) is 5.68. The van der Waals surface area contributed by atoms with E-state index in [9.17, 15) is 22.9 Å². The van der Waals surface area contributed by atoms with Crippen molar-refractivity contribution in [2.75, 3.05) is 45.1 Å². The van der Waals surface area contributed by atoms with Crippen molar-refractivity contribution in [1.82, 2.24) is 9.21 Å². The van der Waals surface area contributed by atoms with Gasteiger partial charge >= 0.3 is 0 Å². The number of likely N-dealkylation sites (tertiary alicyclic amines) is 1. The van der Waals surface area contributed by atoms with E-state index in [-0.39, 0.29) is 34.3 Å². The molecule has 0 bridgehead atoms. The third-order valence-corrected chi connectivity index (χ3v) is 10.1. The molecule has 10 heteroatoms. The van der Waals surface area contributed by atoms with Gasteiger partial charge in [-0.1, -0.05) is 30.3 Å². The first-order valence-corrected chi connectivity index (χ1v) is 14.6. The summed E-state index contributed by atoms with van der Waals surface area (Å²) in [5.41, 5.74) is 3.00. The molecule has 2 aliphatic heterocycles. The second kappa shape index (κ2) is 11.0. The highest BCUT2D eigenvalue weighted by atomic mass is 32.2. The predicted molar refractivity (Wildman–Crippen MR) is 149 cm³/mol. The minimum absolute atomic E-state index is 0.0251. The molecule has 1 saturated heterocycles. The summed E-state index contributed by atoms with van der Waals surface area (Å²) in [5, 5.41) is 14.4. The molecule has 1 unspecified atom stereocenters. The van der Waals surface area contributed by atoms with Gasteiger partial charge in [0.1, 0.15) is 5.82 Å². The summed E-state index contributed by atoms with van der Waals surface area (Å²) in [6.07, 6.45) is 2.67. The van der Waals surface area contributed by atoms with Crippen molar-refractivity contribution < 1.29 is 17.7 Å². The minimum Gasteiger partial charge on any atom is -0.384 e. The van der Waals surface area contributed by atoms with Gasteiger partial charge in [0.2, 0.25) is 10.0 Å². The number of sulfonamides is 1. The average Bonchev–Trinajstić information content (AvgIpc) is 3.29. The number of non-ortho nitro benzene ring substituents is 1. The molecule has 1 atom stereocenters. The van der Waals surface area contributed by atoms with E-state index in [1.165, 1.54) is 34.6 Å². The molecule has 0 amide bonds. The Bertz CT molecular complexity index is 1430. The number of likely N-dealkylation sites (N-methyl/N-ethyl adjacent to an activating group) is 1. The zero-order valence-electron chi connectivity index (χ0n) is 21.9. The van der Waals surface area contributed by atoms with Crippen LogP contribution >= 0.6 is 0 Å². The summed E-state index contributed by atoms with van der Waals surface area (Å²) in [6, 6.07) is 19.9. The van der Waals surface area contributed by atoms with Gasteiger partial charge < -0.3 is 10.2 Å². The molecule has 1 spiro atoms. The number of nitrogens with zero attached hydrogens (tertiary/aromatic N) is 3. The standard InChI is InChI=1S/C29H33FN4O4S/c1-32(39(37,38)26-10-8-25(9-11-26)34(35)36)20-23(22-5-3-2-4-6-22)13-16-33-17-14-29(15-18-33)21-31-28-12-7-24(30)19-27(28)29/h2-12,19,23,31H,13-18,20-21H2,1H3. The van der Waals surface area contributed by atoms with Crippen LogP contribution in [0.3, 0.4) is 0 Å². The smallest absolute Gasteiger partial charge is 0.269 e. The topological polar surface area (TPSA) is 95.8 Å². The zero-order valence-corrected chi connectivity index (χ0v) is 22.7. The van der Waals surface area contributed by atoms with Gasteiger partial charge in [-0.2, -0.15) is 0 Å². The van der Waals surface area contributed by atoms with Crippen molar-refractivity contribution in [3.05, 3.63) is 99.9 Å². The molecule has 1 fully saturated rings. The van der Waals surface area contributed by atoms with Crippen LogP contribution in [-0.2, 0) is 15.4 Å². The largest absolute Gasteiger partial charge is 0.384 e. The van der Waals surface area contributed by atoms with Crippen LogP contribution < -0.4 is 5.32 Å². The van der Waals surface area contributed by atoms with E-state index >= 15 is 0 Å². The van der Waals surface area contributed by atoms with E-state index in [0.29, 0.717) is 0 Å². The highest BCUT2D eigenvalue weighted by Gasteiger charge is 2.41. The van der Waals surface area contributed by atoms with Crippen LogP contribution in [0.15, 0.2) is 77.7 Å². The van der Waals surface area contributed by atoms with E-state index in [1.807, 2.05) is 36.4 Å². The molecule has 8 nitrogen and oxygen atoms in total. The van der Waals surface area contributed by atoms with Crippen LogP contribution in [0, 0.1) is 15.9 Å². The molecular weight excluding hydrogens is 519 g/mol. The summed E-state index contributed by atoms with van der Waals surface area (Å²) in [5.74, 6) is -0.222. The number of nitro benzene ring substituents is 1. The van der Waals surface area contributed by atoms with Crippen molar-refractivity contribution >= 4 is 21.4 Å². The lowest BCUT2D eigenvalue weighted by molar-refractivity contribution is -0.384. The Morgan fingerprint density at radius 2 is 1.77 bits per heavy atom. The molecular formula is C29H33FN4O4S. The van der Waals surface area contributed by atoms with Crippen LogP contribution in [0.2, 0.25) is 0 Å². The van der Waals surface area contributed by atoms with E-state index in [0.717, 1.165) is 62.3 Å². The second-order valence-electron chi connectivity index (χ2n) is 10.6. The van der Waals surface area contributed by atoms with Gasteiger partial charge in [0, 0.05) is 43.4 Å². The fourth-order valence-corrected chi connectivity index (χ4v) is 7.09. The highest BCUT2D eigenvalue weighted by Crippen LogP contribution is 2.44. The van der Waals surface area contributed by atoms with Crippen molar-refractivity contribution in [1.29, 1.82) is 0 Å². The lowest BCUT2D eigenvalue weighted by Crippen LogP contribution is -2.44. The minimum atomic E-state index is -3.82. The fourth-order valence-electron chi connectivity index (χ4n) is 5.88. The Hall–Kier alpha value is -3.34. The van der Waals surface area contributed by atoms with Gasteiger partial charge in [-0.25, -0.2) is 17.1 Å². The number of nitro groups is 1. The molecule has 206 valence electrons. The summed E-state index contributed by atoms with van der Waals surface area (Å²) in [4.78, 5) is 12.9. The van der Waals surface area contributed by atoms with Gasteiger partial charge in [-0.05, 0) is 86.3 Å². The molecule has 0 saturated carbocycles. The fraction of sp³-hybridized carbons (Fsp3) is 0.379. The first kappa shape index (κ1) is 27.2. The third-order valence-electron chi connectivity index (χ3n) is 8.28. The van der Waals surface area contributed by atoms with Gasteiger partial charge in [0.15, 0.2) is 0 Å². The summed E-state index contributed by atoms with van der Waals surface area (Å²) >= 11 is 0. The van der Waals surface area contributed by atoms with Crippen LogP contribution in [-0.4, -0.2) is 62.3 Å². The van der Waals surface area contributed by atoms with Crippen molar-refractivity contribution in [3.8, 4) is 0 Å². The summed E-state index contributed by atoms with van der Waals surface area (Å²) < 4.78 is 41.9. The molecule has 2 aliphatic rings. The van der Waals surface area contributed by atoms with Gasteiger partial charge in [-0.15, -0.1) is 0 Å². The molecule has 39 heavy (non-hydrogen) atoms. The Labute approximate surface area is 228 Å². The molecule has 3 aromatic rings. The monoisotopic (exact) mass is 552 g/mol. The zero-order chi connectivity index (χ0) is 27.6. The molecule has 5 rings (SSSR count). The van der Waals surface area contributed by atoms with E-state index in [2.05, 4.69) is 10.2 Å². The van der Waals surface area contributed by atoms with Gasteiger partial charge in [0.05, 0.1) is 9.82 Å². The molecule has 1 N–H and O–H groups in total. The number of anilines is 1. The number of hydrogen-bond acceptors (Lipinski definition) is 6. The SMILES string of the molecule is CN(CC(CCN1CCC2(CC1)CNc1ccc(F)cc12)c1ccccc1)S(=O)(=O)c1ccc([N+](=O)[O-])cc1. The lowest BCUT2D eigenvalue weighted by Gasteiger charge is -2.40. The Balaban J connectivity index is 1.25. The van der Waals surface area contributed by atoms with Gasteiger partial charge in [0.25, 0.3) is 5.69 Å². The van der Waals surface area contributed by atoms with E-state index in [4.69, 9.17) is 0 Å². The number of halogens is 1. The highest BCUT2D eigenvalue weighted by molar-refractivity contribution is 7.89. The normalized spacial score (nSPS) is 17.6. The number of rotatable bonds is 9. The summed E-state index contributed by atoms with van der Waals surface area (Å²) in [7, 11) is -2.26. The maximum Gasteiger partial charge on any atom is 0.269 e. The lowest BCUT2D eigenvalue weighted by atomic mass is 9.74. The van der Waals surface area contributed by atoms with Crippen LogP contribution in [0.25, 0.3) is 0 Å². The first-order valence-electron chi connectivity index (χ1n) is 13.2. The van der Waals surface area contributed by atoms with Crippen molar-refractivity contribution in [2.45, 2.75) is 35.5 Å².